The number of fused-ring (bicyclic) bond motifs is 1. The molecule has 1 heteroatoms. The van der Waals surface area contributed by atoms with Gasteiger partial charge in [0.05, 0.1) is 6.61 Å². The summed E-state index contributed by atoms with van der Waals surface area (Å²) in [5.41, 5.74) is 2.71. The summed E-state index contributed by atoms with van der Waals surface area (Å²) in [4.78, 5) is 0. The maximum atomic E-state index is 5.68. The van der Waals surface area contributed by atoms with Crippen molar-refractivity contribution in [3.05, 3.63) is 65.7 Å². The molecule has 0 spiro atoms. The van der Waals surface area contributed by atoms with Gasteiger partial charge in [0.15, 0.2) is 0 Å². The van der Waals surface area contributed by atoms with E-state index in [1.165, 1.54) is 11.1 Å². The summed E-state index contributed by atoms with van der Waals surface area (Å²) in [5, 5.41) is 0. The van der Waals surface area contributed by atoms with E-state index in [0.717, 1.165) is 18.8 Å². The van der Waals surface area contributed by atoms with E-state index >= 15 is 0 Å². The molecule has 80 valence electrons. The average molecular weight is 210 g/mol. The second-order valence-electron chi connectivity index (χ2n) is 4.14. The highest BCUT2D eigenvalue weighted by Crippen LogP contribution is 2.37. The molecule has 1 nitrogen and oxygen atoms in total. The number of ether oxygens (including phenoxy) is 1. The molecule has 0 saturated heterocycles. The molecule has 0 aromatic heterocycles. The minimum Gasteiger partial charge on any atom is -0.493 e. The zero-order valence-electron chi connectivity index (χ0n) is 9.10. The van der Waals surface area contributed by atoms with Gasteiger partial charge in [-0.05, 0) is 18.1 Å². The molecule has 16 heavy (non-hydrogen) atoms. The van der Waals surface area contributed by atoms with Crippen molar-refractivity contribution in [3.63, 3.8) is 0 Å². The Morgan fingerprint density at radius 2 is 1.62 bits per heavy atom. The van der Waals surface area contributed by atoms with Gasteiger partial charge in [0.25, 0.3) is 0 Å². The molecule has 0 saturated carbocycles. The van der Waals surface area contributed by atoms with Crippen LogP contribution in [0.1, 0.15) is 23.5 Å². The van der Waals surface area contributed by atoms with Crippen LogP contribution in [0.4, 0.5) is 0 Å². The summed E-state index contributed by atoms with van der Waals surface area (Å²) in [6, 6.07) is 19.0. The largest absolute Gasteiger partial charge is 0.493 e. The van der Waals surface area contributed by atoms with Gasteiger partial charge in [-0.1, -0.05) is 48.5 Å². The normalized spacial score (nSPS) is 18.6. The molecule has 0 bridgehead atoms. The smallest absolute Gasteiger partial charge is 0.123 e. The Labute approximate surface area is 95.7 Å². The molecule has 0 aliphatic carbocycles. The van der Waals surface area contributed by atoms with Gasteiger partial charge < -0.3 is 4.74 Å². The predicted octanol–water partition coefficient (Wildman–Crippen LogP) is 3.60. The molecule has 3 rings (SSSR count). The van der Waals surface area contributed by atoms with Crippen molar-refractivity contribution in [1.82, 2.24) is 0 Å². The number of benzene rings is 2. The van der Waals surface area contributed by atoms with E-state index in [0.29, 0.717) is 5.92 Å². The van der Waals surface area contributed by atoms with Gasteiger partial charge in [0, 0.05) is 11.5 Å². The van der Waals surface area contributed by atoms with E-state index in [-0.39, 0.29) is 0 Å². The molecule has 0 amide bonds. The monoisotopic (exact) mass is 210 g/mol. The first-order valence-corrected chi connectivity index (χ1v) is 5.72. The van der Waals surface area contributed by atoms with Crippen LogP contribution < -0.4 is 4.74 Å². The van der Waals surface area contributed by atoms with Gasteiger partial charge in [-0.3, -0.25) is 0 Å². The van der Waals surface area contributed by atoms with E-state index in [2.05, 4.69) is 48.5 Å². The quantitative estimate of drug-likeness (QED) is 0.698. The molecule has 1 atom stereocenters. The molecule has 1 heterocycles. The van der Waals surface area contributed by atoms with E-state index in [9.17, 15) is 0 Å². The second kappa shape index (κ2) is 4.01. The summed E-state index contributed by atoms with van der Waals surface area (Å²) in [6.45, 7) is 0.816. The third-order valence-electron chi connectivity index (χ3n) is 3.16. The van der Waals surface area contributed by atoms with Crippen molar-refractivity contribution < 1.29 is 4.74 Å². The molecule has 1 aliphatic rings. The lowest BCUT2D eigenvalue weighted by molar-refractivity contribution is 0.277. The highest BCUT2D eigenvalue weighted by Gasteiger charge is 2.21. The Morgan fingerprint density at radius 1 is 0.875 bits per heavy atom. The Bertz CT molecular complexity index is 476. The Balaban J connectivity index is 2.05. The van der Waals surface area contributed by atoms with Crippen LogP contribution in [-0.4, -0.2) is 6.61 Å². The number of rotatable bonds is 1. The van der Waals surface area contributed by atoms with Gasteiger partial charge in [-0.25, -0.2) is 0 Å². The fourth-order valence-corrected chi connectivity index (χ4v) is 2.37. The third-order valence-corrected chi connectivity index (χ3v) is 3.16. The van der Waals surface area contributed by atoms with Crippen LogP contribution in [0.2, 0.25) is 0 Å². The lowest BCUT2D eigenvalue weighted by Crippen LogP contribution is -2.14. The van der Waals surface area contributed by atoms with Crippen LogP contribution >= 0.6 is 0 Å². The van der Waals surface area contributed by atoms with Crippen molar-refractivity contribution in [2.45, 2.75) is 12.3 Å². The Kier molecular flexibility index (Phi) is 2.37. The molecule has 0 fully saturated rings. The zero-order chi connectivity index (χ0) is 10.8. The first-order chi connectivity index (χ1) is 7.95. The van der Waals surface area contributed by atoms with E-state index < -0.39 is 0 Å². The van der Waals surface area contributed by atoms with Gasteiger partial charge in [-0.2, -0.15) is 0 Å². The number of hydrogen-bond donors (Lipinski definition) is 0. The van der Waals surface area contributed by atoms with Gasteiger partial charge >= 0.3 is 0 Å². The highest BCUT2D eigenvalue weighted by molar-refractivity contribution is 5.43. The molecule has 2 aromatic carbocycles. The second-order valence-corrected chi connectivity index (χ2v) is 4.14. The minimum absolute atomic E-state index is 0.492. The maximum absolute atomic E-state index is 5.68. The molecule has 0 radical (unpaired) electrons. The standard InChI is InChI=1S/C15H14O/c1-2-6-12(7-3-1)13-10-11-16-15-9-5-4-8-14(13)15/h1-9,13H,10-11H2. The summed E-state index contributed by atoms with van der Waals surface area (Å²) >= 11 is 0. The summed E-state index contributed by atoms with van der Waals surface area (Å²) < 4.78 is 5.68. The maximum Gasteiger partial charge on any atom is 0.123 e. The molecular formula is C15H14O. The van der Waals surface area contributed by atoms with Crippen LogP contribution in [0.25, 0.3) is 0 Å². The van der Waals surface area contributed by atoms with Crippen LogP contribution in [-0.2, 0) is 0 Å². The van der Waals surface area contributed by atoms with Crippen LogP contribution in [0.15, 0.2) is 54.6 Å². The zero-order valence-corrected chi connectivity index (χ0v) is 9.10. The molecule has 1 unspecified atom stereocenters. The van der Waals surface area contributed by atoms with Crippen molar-refractivity contribution in [2.24, 2.45) is 0 Å². The topological polar surface area (TPSA) is 9.23 Å². The van der Waals surface area contributed by atoms with Gasteiger partial charge in [0.1, 0.15) is 5.75 Å². The molecular weight excluding hydrogens is 196 g/mol. The predicted molar refractivity (Wildman–Crippen MR) is 64.8 cm³/mol. The van der Waals surface area contributed by atoms with Crippen molar-refractivity contribution in [2.75, 3.05) is 6.61 Å². The molecule has 2 aromatic rings. The third kappa shape index (κ3) is 1.58. The highest BCUT2D eigenvalue weighted by atomic mass is 16.5. The van der Waals surface area contributed by atoms with Gasteiger partial charge in [0.2, 0.25) is 0 Å². The first kappa shape index (κ1) is 9.46. The Morgan fingerprint density at radius 3 is 2.50 bits per heavy atom. The summed E-state index contributed by atoms with van der Waals surface area (Å²) in [6.07, 6.45) is 1.07. The van der Waals surface area contributed by atoms with Crippen molar-refractivity contribution in [1.29, 1.82) is 0 Å². The van der Waals surface area contributed by atoms with Crippen LogP contribution in [0.3, 0.4) is 0 Å². The fraction of sp³-hybridized carbons (Fsp3) is 0.200. The minimum atomic E-state index is 0.492. The van der Waals surface area contributed by atoms with E-state index in [1.54, 1.807) is 0 Å². The SMILES string of the molecule is c1ccc(C2CCOc3ccccc32)cc1. The van der Waals surface area contributed by atoms with Crippen LogP contribution in [0, 0.1) is 0 Å². The van der Waals surface area contributed by atoms with Crippen molar-refractivity contribution >= 4 is 0 Å². The lowest BCUT2D eigenvalue weighted by Gasteiger charge is -2.26. The number of para-hydroxylation sites is 1. The van der Waals surface area contributed by atoms with Crippen molar-refractivity contribution in [3.8, 4) is 5.75 Å². The summed E-state index contributed by atoms with van der Waals surface area (Å²) in [7, 11) is 0. The summed E-state index contributed by atoms with van der Waals surface area (Å²) in [5.74, 6) is 1.54. The van der Waals surface area contributed by atoms with Gasteiger partial charge in [-0.15, -0.1) is 0 Å². The number of hydrogen-bond acceptors (Lipinski definition) is 1. The van der Waals surface area contributed by atoms with E-state index in [1.807, 2.05) is 6.07 Å². The first-order valence-electron chi connectivity index (χ1n) is 5.72. The van der Waals surface area contributed by atoms with Crippen LogP contribution in [0.5, 0.6) is 5.75 Å². The lowest BCUT2D eigenvalue weighted by atomic mass is 9.87. The Hall–Kier alpha value is -1.76. The molecule has 0 N–H and O–H groups in total. The fourth-order valence-electron chi connectivity index (χ4n) is 2.37. The average Bonchev–Trinajstić information content (AvgIpc) is 2.39. The van der Waals surface area contributed by atoms with E-state index in [4.69, 9.17) is 4.74 Å². The molecule has 1 aliphatic heterocycles.